The maximum atomic E-state index is 11.8. The van der Waals surface area contributed by atoms with Crippen LogP contribution in [0.5, 0.6) is 5.75 Å². The van der Waals surface area contributed by atoms with Crippen LogP contribution < -0.4 is 10.1 Å². The lowest BCUT2D eigenvalue weighted by atomic mass is 10.1. The Balaban J connectivity index is 2.23. The second-order valence-electron chi connectivity index (χ2n) is 4.19. The third-order valence-electron chi connectivity index (χ3n) is 2.42. The van der Waals surface area contributed by atoms with Crippen LogP contribution in [0.1, 0.15) is 10.4 Å². The second-order valence-corrected chi connectivity index (χ2v) is 4.19. The number of nitrogens with one attached hydrogen (secondary N) is 1. The van der Waals surface area contributed by atoms with Gasteiger partial charge in [-0.3, -0.25) is 9.59 Å². The van der Waals surface area contributed by atoms with E-state index >= 15 is 0 Å². The summed E-state index contributed by atoms with van der Waals surface area (Å²) in [4.78, 5) is 24.8. The molecular formula is C13H14N2O3. The molecule has 0 fully saturated rings. The standard InChI is InChI=1S/C13H14N2O3/c1-15(2)6-5-11(16)9-3-4-12-10(7-9)14-13(17)8-18-12/h3-7H,8H2,1-2H3,(H,14,17)/b6-5+. The van der Waals surface area contributed by atoms with Crippen molar-refractivity contribution in [3.8, 4) is 5.75 Å². The number of benzene rings is 1. The Morgan fingerprint density at radius 1 is 1.44 bits per heavy atom. The highest BCUT2D eigenvalue weighted by Crippen LogP contribution is 2.28. The van der Waals surface area contributed by atoms with Gasteiger partial charge >= 0.3 is 0 Å². The Labute approximate surface area is 105 Å². The summed E-state index contributed by atoms with van der Waals surface area (Å²) in [6, 6.07) is 4.98. The molecule has 18 heavy (non-hydrogen) atoms. The van der Waals surface area contributed by atoms with Crippen LogP contribution in [0.25, 0.3) is 0 Å². The second kappa shape index (κ2) is 4.91. The monoisotopic (exact) mass is 246 g/mol. The van der Waals surface area contributed by atoms with Gasteiger partial charge in [0.05, 0.1) is 5.69 Å². The highest BCUT2D eigenvalue weighted by molar-refractivity contribution is 6.06. The zero-order chi connectivity index (χ0) is 13.1. The van der Waals surface area contributed by atoms with E-state index in [2.05, 4.69) is 5.32 Å². The molecule has 0 atom stereocenters. The van der Waals surface area contributed by atoms with Crippen LogP contribution in [0.15, 0.2) is 30.5 Å². The average molecular weight is 246 g/mol. The summed E-state index contributed by atoms with van der Waals surface area (Å²) >= 11 is 0. The van der Waals surface area contributed by atoms with Crippen LogP contribution in [0.3, 0.4) is 0 Å². The minimum atomic E-state index is -0.212. The minimum absolute atomic E-state index is 0.0147. The van der Waals surface area contributed by atoms with E-state index in [0.717, 1.165) is 0 Å². The van der Waals surface area contributed by atoms with Crippen molar-refractivity contribution in [3.05, 3.63) is 36.0 Å². The van der Waals surface area contributed by atoms with E-state index < -0.39 is 0 Å². The molecule has 1 aliphatic heterocycles. The van der Waals surface area contributed by atoms with Crippen molar-refractivity contribution in [1.82, 2.24) is 4.90 Å². The summed E-state index contributed by atoms with van der Waals surface area (Å²) in [5, 5.41) is 2.67. The Hall–Kier alpha value is -2.30. The zero-order valence-electron chi connectivity index (χ0n) is 10.3. The molecule has 1 aromatic carbocycles. The molecule has 1 heterocycles. The zero-order valence-corrected chi connectivity index (χ0v) is 10.3. The van der Waals surface area contributed by atoms with Crippen LogP contribution in [-0.4, -0.2) is 37.3 Å². The molecule has 0 saturated heterocycles. The van der Waals surface area contributed by atoms with Crippen LogP contribution in [0.2, 0.25) is 0 Å². The van der Waals surface area contributed by atoms with Crippen molar-refractivity contribution < 1.29 is 14.3 Å². The molecule has 1 aliphatic rings. The van der Waals surface area contributed by atoms with Crippen molar-refractivity contribution >= 4 is 17.4 Å². The summed E-state index contributed by atoms with van der Waals surface area (Å²) in [7, 11) is 3.68. The fourth-order valence-corrected chi connectivity index (χ4v) is 1.55. The maximum absolute atomic E-state index is 11.8. The summed E-state index contributed by atoms with van der Waals surface area (Å²) in [5.74, 6) is 0.255. The Morgan fingerprint density at radius 3 is 2.94 bits per heavy atom. The van der Waals surface area contributed by atoms with E-state index in [1.165, 1.54) is 6.08 Å². The third kappa shape index (κ3) is 2.68. The maximum Gasteiger partial charge on any atom is 0.262 e. The number of carbonyl (C=O) groups is 2. The van der Waals surface area contributed by atoms with Crippen LogP contribution >= 0.6 is 0 Å². The van der Waals surface area contributed by atoms with Gasteiger partial charge in [0, 0.05) is 31.9 Å². The molecule has 1 aromatic rings. The summed E-state index contributed by atoms with van der Waals surface area (Å²) in [6.45, 7) is 0.0147. The van der Waals surface area contributed by atoms with Crippen LogP contribution in [-0.2, 0) is 4.79 Å². The molecule has 1 amide bonds. The molecule has 0 aliphatic carbocycles. The van der Waals surface area contributed by atoms with Gasteiger partial charge < -0.3 is 15.0 Å². The molecule has 0 radical (unpaired) electrons. The van der Waals surface area contributed by atoms with Gasteiger partial charge in [-0.15, -0.1) is 0 Å². The first-order valence-electron chi connectivity index (χ1n) is 5.52. The molecule has 2 rings (SSSR count). The predicted octanol–water partition coefficient (Wildman–Crippen LogP) is 1.28. The first-order chi connectivity index (χ1) is 8.56. The van der Waals surface area contributed by atoms with Gasteiger partial charge in [0.2, 0.25) is 0 Å². The Bertz CT molecular complexity index is 521. The Kier molecular flexibility index (Phi) is 3.32. The number of allylic oxidation sites excluding steroid dienone is 1. The SMILES string of the molecule is CN(C)/C=C/C(=O)c1ccc2c(c1)NC(=O)CO2. The highest BCUT2D eigenvalue weighted by Gasteiger charge is 2.16. The lowest BCUT2D eigenvalue weighted by Gasteiger charge is -2.18. The number of rotatable bonds is 3. The highest BCUT2D eigenvalue weighted by atomic mass is 16.5. The molecule has 94 valence electrons. The van der Waals surface area contributed by atoms with Crippen molar-refractivity contribution in [1.29, 1.82) is 0 Å². The topological polar surface area (TPSA) is 58.6 Å². The average Bonchev–Trinajstić information content (AvgIpc) is 2.34. The molecule has 5 nitrogen and oxygen atoms in total. The van der Waals surface area contributed by atoms with Crippen molar-refractivity contribution in [2.45, 2.75) is 0 Å². The van der Waals surface area contributed by atoms with E-state index in [1.54, 1.807) is 29.3 Å². The third-order valence-corrected chi connectivity index (χ3v) is 2.42. The molecule has 0 aromatic heterocycles. The van der Waals surface area contributed by atoms with Gasteiger partial charge in [-0.25, -0.2) is 0 Å². The lowest BCUT2D eigenvalue weighted by Crippen LogP contribution is -2.25. The number of amides is 1. The van der Waals surface area contributed by atoms with Gasteiger partial charge in [-0.05, 0) is 18.2 Å². The quantitative estimate of drug-likeness (QED) is 0.644. The molecule has 1 N–H and O–H groups in total. The van der Waals surface area contributed by atoms with Crippen molar-refractivity contribution in [2.24, 2.45) is 0 Å². The van der Waals surface area contributed by atoms with E-state index in [-0.39, 0.29) is 18.3 Å². The van der Waals surface area contributed by atoms with Crippen molar-refractivity contribution in [2.75, 3.05) is 26.0 Å². The molecular weight excluding hydrogens is 232 g/mol. The van der Waals surface area contributed by atoms with Crippen LogP contribution in [0.4, 0.5) is 5.69 Å². The number of fused-ring (bicyclic) bond motifs is 1. The molecule has 0 bridgehead atoms. The number of ether oxygens (including phenoxy) is 1. The molecule has 5 heteroatoms. The largest absolute Gasteiger partial charge is 0.482 e. The molecule has 0 saturated carbocycles. The fourth-order valence-electron chi connectivity index (χ4n) is 1.55. The van der Waals surface area contributed by atoms with E-state index in [0.29, 0.717) is 17.0 Å². The van der Waals surface area contributed by atoms with Crippen LogP contribution in [0, 0.1) is 0 Å². The molecule has 0 unspecified atom stereocenters. The first kappa shape index (κ1) is 12.2. The number of hydrogen-bond donors (Lipinski definition) is 1. The normalized spacial score (nSPS) is 13.8. The van der Waals surface area contributed by atoms with E-state index in [4.69, 9.17) is 4.74 Å². The van der Waals surface area contributed by atoms with Gasteiger partial charge in [0.25, 0.3) is 5.91 Å². The minimum Gasteiger partial charge on any atom is -0.482 e. The van der Waals surface area contributed by atoms with E-state index in [1.807, 2.05) is 14.1 Å². The summed E-state index contributed by atoms with van der Waals surface area (Å²) in [6.07, 6.45) is 3.16. The number of ketones is 1. The fraction of sp³-hybridized carbons (Fsp3) is 0.231. The Morgan fingerprint density at radius 2 is 2.22 bits per heavy atom. The summed E-state index contributed by atoms with van der Waals surface area (Å²) in [5.41, 5.74) is 1.05. The van der Waals surface area contributed by atoms with Gasteiger partial charge in [-0.2, -0.15) is 0 Å². The smallest absolute Gasteiger partial charge is 0.262 e. The first-order valence-corrected chi connectivity index (χ1v) is 5.52. The number of hydrogen-bond acceptors (Lipinski definition) is 4. The number of nitrogens with zero attached hydrogens (tertiary/aromatic N) is 1. The van der Waals surface area contributed by atoms with Gasteiger partial charge in [0.15, 0.2) is 12.4 Å². The van der Waals surface area contributed by atoms with E-state index in [9.17, 15) is 9.59 Å². The number of carbonyl (C=O) groups excluding carboxylic acids is 2. The van der Waals surface area contributed by atoms with Crippen molar-refractivity contribution in [3.63, 3.8) is 0 Å². The summed E-state index contributed by atoms with van der Waals surface area (Å²) < 4.78 is 5.22. The molecule has 0 spiro atoms. The predicted molar refractivity (Wildman–Crippen MR) is 67.7 cm³/mol. The van der Waals surface area contributed by atoms with Gasteiger partial charge in [-0.1, -0.05) is 0 Å². The van der Waals surface area contributed by atoms with Gasteiger partial charge in [0.1, 0.15) is 5.75 Å². The number of anilines is 1. The lowest BCUT2D eigenvalue weighted by molar-refractivity contribution is -0.118.